The highest BCUT2D eigenvalue weighted by Gasteiger charge is 2.24. The number of para-hydroxylation sites is 1. The van der Waals surface area contributed by atoms with Crippen LogP contribution >= 0.6 is 0 Å². The van der Waals surface area contributed by atoms with Gasteiger partial charge in [0.2, 0.25) is 0 Å². The summed E-state index contributed by atoms with van der Waals surface area (Å²) in [4.78, 5) is 14.2. The molecule has 1 aromatic heterocycles. The van der Waals surface area contributed by atoms with Crippen molar-refractivity contribution in [3.8, 4) is 5.75 Å². The van der Waals surface area contributed by atoms with Gasteiger partial charge in [-0.3, -0.25) is 4.68 Å². The summed E-state index contributed by atoms with van der Waals surface area (Å²) in [7, 11) is 1.87. The van der Waals surface area contributed by atoms with Gasteiger partial charge < -0.3 is 15.0 Å². The zero-order valence-corrected chi connectivity index (χ0v) is 15.2. The summed E-state index contributed by atoms with van der Waals surface area (Å²) in [5.41, 5.74) is 3.33. The normalized spacial score (nSPS) is 15.2. The molecule has 1 fully saturated rings. The van der Waals surface area contributed by atoms with Gasteiger partial charge in [-0.15, -0.1) is 0 Å². The van der Waals surface area contributed by atoms with Crippen LogP contribution in [0.3, 0.4) is 0 Å². The van der Waals surface area contributed by atoms with E-state index < -0.39 is 0 Å². The first-order valence-corrected chi connectivity index (χ1v) is 8.76. The quantitative estimate of drug-likeness (QED) is 0.929. The van der Waals surface area contributed by atoms with E-state index in [-0.39, 0.29) is 12.1 Å². The van der Waals surface area contributed by atoms with Crippen LogP contribution in [0.2, 0.25) is 0 Å². The van der Waals surface area contributed by atoms with Crippen molar-refractivity contribution in [2.75, 3.05) is 13.1 Å². The van der Waals surface area contributed by atoms with Gasteiger partial charge in [0.1, 0.15) is 11.9 Å². The lowest BCUT2D eigenvalue weighted by molar-refractivity contribution is 0.110. The van der Waals surface area contributed by atoms with Gasteiger partial charge in [0.25, 0.3) is 0 Å². The average molecular weight is 342 g/mol. The molecule has 1 aliphatic heterocycles. The number of benzene rings is 1. The first kappa shape index (κ1) is 17.3. The zero-order valence-electron chi connectivity index (χ0n) is 15.2. The summed E-state index contributed by atoms with van der Waals surface area (Å²) in [6, 6.07) is 6.17. The number of hydrogen-bond acceptors (Lipinski definition) is 3. The molecule has 3 rings (SSSR count). The zero-order chi connectivity index (χ0) is 17.8. The van der Waals surface area contributed by atoms with Crippen molar-refractivity contribution in [1.29, 1.82) is 0 Å². The topological polar surface area (TPSA) is 59.4 Å². The Morgan fingerprint density at radius 2 is 1.96 bits per heavy atom. The molecule has 6 nitrogen and oxygen atoms in total. The number of rotatable bonds is 4. The Bertz CT molecular complexity index is 713. The van der Waals surface area contributed by atoms with Crippen molar-refractivity contribution >= 4 is 6.03 Å². The van der Waals surface area contributed by atoms with Crippen molar-refractivity contribution in [1.82, 2.24) is 20.0 Å². The van der Waals surface area contributed by atoms with Crippen LogP contribution in [-0.4, -0.2) is 39.9 Å². The average Bonchev–Trinajstić information content (AvgIpc) is 3.02. The van der Waals surface area contributed by atoms with Crippen LogP contribution < -0.4 is 10.1 Å². The Morgan fingerprint density at radius 3 is 2.56 bits per heavy atom. The number of nitrogens with one attached hydrogen (secondary N) is 1. The number of carbonyl (C=O) groups is 1. The second kappa shape index (κ2) is 7.59. The molecule has 2 amide bonds. The Morgan fingerprint density at radius 1 is 1.28 bits per heavy atom. The molecule has 0 spiro atoms. The third kappa shape index (κ3) is 4.32. The van der Waals surface area contributed by atoms with E-state index in [0.29, 0.717) is 19.6 Å². The Labute approximate surface area is 148 Å². The highest BCUT2D eigenvalue weighted by Crippen LogP contribution is 2.26. The molecule has 134 valence electrons. The molecule has 0 aliphatic carbocycles. The second-order valence-electron chi connectivity index (χ2n) is 6.71. The van der Waals surface area contributed by atoms with Crippen LogP contribution in [0.1, 0.15) is 29.5 Å². The highest BCUT2D eigenvalue weighted by molar-refractivity contribution is 5.74. The van der Waals surface area contributed by atoms with Gasteiger partial charge in [-0.1, -0.05) is 18.2 Å². The minimum Gasteiger partial charge on any atom is -0.490 e. The Balaban J connectivity index is 1.47. The number of likely N-dealkylation sites (tertiary alicyclic amines) is 1. The largest absolute Gasteiger partial charge is 0.490 e. The van der Waals surface area contributed by atoms with Crippen molar-refractivity contribution in [2.24, 2.45) is 7.05 Å². The first-order chi connectivity index (χ1) is 12.0. The van der Waals surface area contributed by atoms with Gasteiger partial charge in [0.15, 0.2) is 0 Å². The molecule has 1 N–H and O–H groups in total. The van der Waals surface area contributed by atoms with E-state index in [9.17, 15) is 4.79 Å². The van der Waals surface area contributed by atoms with E-state index in [2.05, 4.69) is 36.4 Å². The molecule has 0 atom stereocenters. The second-order valence-corrected chi connectivity index (χ2v) is 6.71. The van der Waals surface area contributed by atoms with Crippen LogP contribution in [-0.2, 0) is 13.6 Å². The van der Waals surface area contributed by atoms with Gasteiger partial charge in [0, 0.05) is 51.3 Å². The van der Waals surface area contributed by atoms with E-state index in [1.54, 1.807) is 10.9 Å². The lowest BCUT2D eigenvalue weighted by Crippen LogP contribution is -2.46. The molecular formula is C19H26N4O2. The molecule has 0 saturated carbocycles. The van der Waals surface area contributed by atoms with Crippen molar-refractivity contribution in [2.45, 2.75) is 39.3 Å². The minimum absolute atomic E-state index is 0.0191. The number of nitrogens with zero attached hydrogens (tertiary/aromatic N) is 3. The van der Waals surface area contributed by atoms with Gasteiger partial charge in [-0.25, -0.2) is 4.79 Å². The fraction of sp³-hybridized carbons (Fsp3) is 0.474. The summed E-state index contributed by atoms with van der Waals surface area (Å²) in [6.07, 6.45) is 5.56. The summed E-state index contributed by atoms with van der Waals surface area (Å²) in [6.45, 7) is 6.08. The fourth-order valence-electron chi connectivity index (χ4n) is 3.18. The van der Waals surface area contributed by atoms with Gasteiger partial charge in [-0.05, 0) is 25.0 Å². The molecule has 1 aliphatic rings. The van der Waals surface area contributed by atoms with E-state index in [1.165, 1.54) is 0 Å². The lowest BCUT2D eigenvalue weighted by Gasteiger charge is -2.32. The summed E-state index contributed by atoms with van der Waals surface area (Å²) < 4.78 is 7.94. The van der Waals surface area contributed by atoms with Crippen LogP contribution in [0, 0.1) is 13.8 Å². The molecule has 1 saturated heterocycles. The van der Waals surface area contributed by atoms with Crippen LogP contribution in [0.25, 0.3) is 0 Å². The number of aryl methyl sites for hydroxylation is 3. The van der Waals surface area contributed by atoms with Crippen LogP contribution in [0.15, 0.2) is 30.6 Å². The maximum Gasteiger partial charge on any atom is 0.317 e. The smallest absolute Gasteiger partial charge is 0.317 e. The van der Waals surface area contributed by atoms with Crippen molar-refractivity contribution in [3.05, 3.63) is 47.3 Å². The van der Waals surface area contributed by atoms with Gasteiger partial charge in [0.05, 0.1) is 6.20 Å². The SMILES string of the molecule is Cc1cccc(C)c1OC1CCN(C(=O)NCc2cnn(C)c2)CC1. The van der Waals surface area contributed by atoms with Gasteiger partial charge in [-0.2, -0.15) is 5.10 Å². The summed E-state index contributed by atoms with van der Waals surface area (Å²) >= 11 is 0. The highest BCUT2D eigenvalue weighted by atomic mass is 16.5. The van der Waals surface area contributed by atoms with Gasteiger partial charge >= 0.3 is 6.03 Å². The maximum absolute atomic E-state index is 12.3. The molecule has 0 unspecified atom stereocenters. The molecule has 2 heterocycles. The van der Waals surface area contributed by atoms with Crippen molar-refractivity contribution in [3.63, 3.8) is 0 Å². The van der Waals surface area contributed by atoms with E-state index in [1.807, 2.05) is 24.2 Å². The van der Waals surface area contributed by atoms with E-state index in [0.717, 1.165) is 35.3 Å². The number of piperidine rings is 1. The van der Waals surface area contributed by atoms with E-state index in [4.69, 9.17) is 4.74 Å². The Hall–Kier alpha value is -2.50. The van der Waals surface area contributed by atoms with Crippen LogP contribution in [0.4, 0.5) is 4.79 Å². The molecular weight excluding hydrogens is 316 g/mol. The molecule has 6 heteroatoms. The number of ether oxygens (including phenoxy) is 1. The third-order valence-electron chi connectivity index (χ3n) is 4.62. The molecule has 0 bridgehead atoms. The Kier molecular flexibility index (Phi) is 5.26. The summed E-state index contributed by atoms with van der Waals surface area (Å²) in [5, 5.41) is 7.06. The molecule has 2 aromatic rings. The number of urea groups is 1. The predicted molar refractivity (Wildman–Crippen MR) is 96.6 cm³/mol. The molecule has 0 radical (unpaired) electrons. The number of aromatic nitrogens is 2. The van der Waals surface area contributed by atoms with Crippen LogP contribution in [0.5, 0.6) is 5.75 Å². The number of carbonyl (C=O) groups excluding carboxylic acids is 1. The van der Waals surface area contributed by atoms with Crippen molar-refractivity contribution < 1.29 is 9.53 Å². The molecule has 1 aromatic carbocycles. The number of hydrogen-bond donors (Lipinski definition) is 1. The lowest BCUT2D eigenvalue weighted by atomic mass is 10.1. The fourth-order valence-corrected chi connectivity index (χ4v) is 3.18. The summed E-state index contributed by atoms with van der Waals surface area (Å²) in [5.74, 6) is 0.988. The standard InChI is InChI=1S/C19H26N4O2/c1-14-5-4-6-15(2)18(14)25-17-7-9-23(10-8-17)19(24)20-11-16-12-21-22(3)13-16/h4-6,12-13,17H,7-11H2,1-3H3,(H,20,24). The third-order valence-corrected chi connectivity index (χ3v) is 4.62. The molecule has 25 heavy (non-hydrogen) atoms. The minimum atomic E-state index is -0.0191. The monoisotopic (exact) mass is 342 g/mol. The first-order valence-electron chi connectivity index (χ1n) is 8.76. The number of amides is 2. The predicted octanol–water partition coefficient (Wildman–Crippen LogP) is 2.79. The maximum atomic E-state index is 12.3. The van der Waals surface area contributed by atoms with E-state index >= 15 is 0 Å².